The summed E-state index contributed by atoms with van der Waals surface area (Å²) in [7, 11) is 1.29. The predicted molar refractivity (Wildman–Crippen MR) is 68.5 cm³/mol. The second-order valence-corrected chi connectivity index (χ2v) is 4.56. The fourth-order valence-corrected chi connectivity index (χ4v) is 1.62. The van der Waals surface area contributed by atoms with Crippen molar-refractivity contribution in [3.8, 4) is 0 Å². The number of nitrogens with one attached hydrogen (secondary N) is 1. The van der Waals surface area contributed by atoms with Crippen molar-refractivity contribution in [2.45, 2.75) is 12.2 Å². The van der Waals surface area contributed by atoms with Crippen LogP contribution >= 0.6 is 11.6 Å². The third kappa shape index (κ3) is 4.57. The quantitative estimate of drug-likeness (QED) is 0.898. The van der Waals surface area contributed by atoms with Crippen LogP contribution in [0.4, 0.5) is 18.0 Å². The second kappa shape index (κ2) is 6.81. The number of likely N-dealkylation sites (N-methyl/N-ethyl adjacent to an activating group) is 1. The Kier molecular flexibility index (Phi) is 5.64. The van der Waals surface area contributed by atoms with Gasteiger partial charge in [-0.1, -0.05) is 23.7 Å². The number of hydrogen-bond acceptors (Lipinski definition) is 2. The highest BCUT2D eigenvalue weighted by Crippen LogP contribution is 2.33. The minimum absolute atomic E-state index is 0.0585. The van der Waals surface area contributed by atoms with Crippen LogP contribution < -0.4 is 5.32 Å². The van der Waals surface area contributed by atoms with Crippen molar-refractivity contribution in [1.29, 1.82) is 0 Å². The van der Waals surface area contributed by atoms with Crippen molar-refractivity contribution in [2.24, 2.45) is 0 Å². The predicted octanol–water partition coefficient (Wildman–Crippen LogP) is 2.58. The highest BCUT2D eigenvalue weighted by molar-refractivity contribution is 6.30. The van der Waals surface area contributed by atoms with E-state index in [2.05, 4.69) is 0 Å². The van der Waals surface area contributed by atoms with Gasteiger partial charge in [-0.05, 0) is 17.7 Å². The smallest absolute Gasteiger partial charge is 0.395 e. The van der Waals surface area contributed by atoms with Crippen LogP contribution in [0.2, 0.25) is 5.02 Å². The Labute approximate surface area is 119 Å². The van der Waals surface area contributed by atoms with Crippen molar-refractivity contribution in [2.75, 3.05) is 20.2 Å². The topological polar surface area (TPSA) is 52.6 Å². The molecule has 0 saturated heterocycles. The lowest BCUT2D eigenvalue weighted by Crippen LogP contribution is -2.45. The van der Waals surface area contributed by atoms with E-state index in [1.165, 1.54) is 31.3 Å². The van der Waals surface area contributed by atoms with E-state index in [1.54, 1.807) is 0 Å². The van der Waals surface area contributed by atoms with Gasteiger partial charge in [0.15, 0.2) is 6.04 Å². The maximum Gasteiger partial charge on any atom is 0.412 e. The maximum atomic E-state index is 13.0. The number of aliphatic hydroxyl groups excluding tert-OH is 1. The Hall–Kier alpha value is -1.47. The molecule has 0 aliphatic rings. The van der Waals surface area contributed by atoms with Crippen LogP contribution in [-0.4, -0.2) is 42.4 Å². The molecule has 0 aliphatic heterocycles. The number of nitrogens with zero attached hydrogens (tertiary/aromatic N) is 1. The summed E-state index contributed by atoms with van der Waals surface area (Å²) in [6, 6.07) is 1.99. The summed E-state index contributed by atoms with van der Waals surface area (Å²) >= 11 is 5.62. The van der Waals surface area contributed by atoms with E-state index in [9.17, 15) is 18.0 Å². The Morgan fingerprint density at radius 1 is 1.40 bits per heavy atom. The molecule has 0 spiro atoms. The molecule has 2 amide bonds. The van der Waals surface area contributed by atoms with Gasteiger partial charge in [0.2, 0.25) is 0 Å². The summed E-state index contributed by atoms with van der Waals surface area (Å²) in [4.78, 5) is 12.6. The first-order chi connectivity index (χ1) is 9.25. The molecule has 0 aromatic heterocycles. The van der Waals surface area contributed by atoms with Crippen LogP contribution in [0.3, 0.4) is 0 Å². The van der Waals surface area contributed by atoms with Crippen LogP contribution in [-0.2, 0) is 0 Å². The number of alkyl halides is 3. The van der Waals surface area contributed by atoms with Crippen LogP contribution in [0.5, 0.6) is 0 Å². The minimum atomic E-state index is -4.64. The van der Waals surface area contributed by atoms with Gasteiger partial charge in [0.05, 0.1) is 6.61 Å². The molecule has 0 fully saturated rings. The fraction of sp³-hybridized carbons (Fsp3) is 0.417. The lowest BCUT2D eigenvalue weighted by Gasteiger charge is -2.25. The Morgan fingerprint density at radius 2 is 1.95 bits per heavy atom. The van der Waals surface area contributed by atoms with E-state index in [1.807, 2.05) is 5.32 Å². The van der Waals surface area contributed by atoms with Gasteiger partial charge in [-0.3, -0.25) is 0 Å². The van der Waals surface area contributed by atoms with Crippen molar-refractivity contribution in [1.82, 2.24) is 10.2 Å². The molecule has 0 heterocycles. The lowest BCUT2D eigenvalue weighted by molar-refractivity contribution is -0.155. The van der Waals surface area contributed by atoms with Gasteiger partial charge < -0.3 is 15.3 Å². The van der Waals surface area contributed by atoms with E-state index in [-0.39, 0.29) is 18.7 Å². The standard InChI is InChI=1S/C12H14ClF3N2O2/c1-18(6-7-19)11(20)17-10(12(14,15)16)8-2-4-9(13)5-3-8/h2-5,10,19H,6-7H2,1H3,(H,17,20)/t10-/m0/s1. The van der Waals surface area contributed by atoms with Crippen molar-refractivity contribution >= 4 is 17.6 Å². The molecule has 0 bridgehead atoms. The number of urea groups is 1. The number of carbonyl (C=O) groups excluding carboxylic acids is 1. The molecular formula is C12H14ClF3N2O2. The van der Waals surface area contributed by atoms with Gasteiger partial charge in [0, 0.05) is 18.6 Å². The number of aliphatic hydroxyl groups is 1. The molecule has 0 saturated carbocycles. The first-order valence-electron chi connectivity index (χ1n) is 5.70. The molecule has 4 nitrogen and oxygen atoms in total. The molecule has 0 radical (unpaired) electrons. The van der Waals surface area contributed by atoms with Gasteiger partial charge in [-0.15, -0.1) is 0 Å². The average molecular weight is 311 g/mol. The van der Waals surface area contributed by atoms with Gasteiger partial charge in [-0.25, -0.2) is 4.79 Å². The Bertz CT molecular complexity index is 451. The van der Waals surface area contributed by atoms with Gasteiger partial charge >= 0.3 is 12.2 Å². The highest BCUT2D eigenvalue weighted by Gasteiger charge is 2.42. The first kappa shape index (κ1) is 16.6. The molecule has 20 heavy (non-hydrogen) atoms. The summed E-state index contributed by atoms with van der Waals surface area (Å²) in [5.41, 5.74) is -0.118. The summed E-state index contributed by atoms with van der Waals surface area (Å²) in [5, 5.41) is 10.9. The maximum absolute atomic E-state index is 13.0. The van der Waals surface area contributed by atoms with Gasteiger partial charge in [-0.2, -0.15) is 13.2 Å². The average Bonchev–Trinajstić information content (AvgIpc) is 2.36. The SMILES string of the molecule is CN(CCO)C(=O)N[C@@H](c1ccc(Cl)cc1)C(F)(F)F. The van der Waals surface area contributed by atoms with E-state index < -0.39 is 18.2 Å². The number of amides is 2. The number of carbonyl (C=O) groups is 1. The minimum Gasteiger partial charge on any atom is -0.395 e. The zero-order valence-corrected chi connectivity index (χ0v) is 11.4. The van der Waals surface area contributed by atoms with Crippen LogP contribution in [0, 0.1) is 0 Å². The summed E-state index contributed by atoms with van der Waals surface area (Å²) in [6.07, 6.45) is -4.64. The summed E-state index contributed by atoms with van der Waals surface area (Å²) in [6.45, 7) is -0.390. The molecule has 1 rings (SSSR count). The second-order valence-electron chi connectivity index (χ2n) is 4.12. The lowest BCUT2D eigenvalue weighted by atomic mass is 10.1. The Morgan fingerprint density at radius 3 is 2.40 bits per heavy atom. The molecule has 1 aromatic rings. The molecule has 0 aliphatic carbocycles. The van der Waals surface area contributed by atoms with Crippen molar-refractivity contribution < 1.29 is 23.1 Å². The summed E-state index contributed by atoms with van der Waals surface area (Å²) < 4.78 is 39.0. The van der Waals surface area contributed by atoms with Gasteiger partial charge in [0.1, 0.15) is 0 Å². The van der Waals surface area contributed by atoms with Gasteiger partial charge in [0.25, 0.3) is 0 Å². The van der Waals surface area contributed by atoms with E-state index in [4.69, 9.17) is 16.7 Å². The fourth-order valence-electron chi connectivity index (χ4n) is 1.49. The molecule has 1 aromatic carbocycles. The normalized spacial score (nSPS) is 12.9. The monoisotopic (exact) mass is 310 g/mol. The third-order valence-corrected chi connectivity index (χ3v) is 2.83. The van der Waals surface area contributed by atoms with Crippen molar-refractivity contribution in [3.05, 3.63) is 34.9 Å². The zero-order chi connectivity index (χ0) is 15.3. The number of hydrogen-bond donors (Lipinski definition) is 2. The van der Waals surface area contributed by atoms with Crippen molar-refractivity contribution in [3.63, 3.8) is 0 Å². The Balaban J connectivity index is 2.91. The van der Waals surface area contributed by atoms with E-state index in [0.29, 0.717) is 5.02 Å². The third-order valence-electron chi connectivity index (χ3n) is 2.58. The largest absolute Gasteiger partial charge is 0.412 e. The van der Waals surface area contributed by atoms with Crippen LogP contribution in [0.1, 0.15) is 11.6 Å². The molecule has 0 unspecified atom stereocenters. The molecule has 2 N–H and O–H groups in total. The number of benzene rings is 1. The number of rotatable bonds is 4. The molecule has 112 valence electrons. The molecular weight excluding hydrogens is 297 g/mol. The van der Waals surface area contributed by atoms with Crippen LogP contribution in [0.15, 0.2) is 24.3 Å². The summed E-state index contributed by atoms with van der Waals surface area (Å²) in [5.74, 6) is 0. The highest BCUT2D eigenvalue weighted by atomic mass is 35.5. The molecule has 1 atom stereocenters. The van der Waals surface area contributed by atoms with E-state index in [0.717, 1.165) is 4.90 Å². The van der Waals surface area contributed by atoms with E-state index >= 15 is 0 Å². The number of halogens is 4. The van der Waals surface area contributed by atoms with Crippen LogP contribution in [0.25, 0.3) is 0 Å². The zero-order valence-electron chi connectivity index (χ0n) is 10.6. The molecule has 8 heteroatoms. The first-order valence-corrected chi connectivity index (χ1v) is 6.08.